The van der Waals surface area contributed by atoms with Gasteiger partial charge in [0.2, 0.25) is 0 Å². The lowest BCUT2D eigenvalue weighted by atomic mass is 10.1. The van der Waals surface area contributed by atoms with Crippen molar-refractivity contribution >= 4 is 22.0 Å². The molecular weight excluding hydrogens is 214 g/mol. The molecule has 0 unspecified atom stereocenters. The van der Waals surface area contributed by atoms with E-state index in [0.29, 0.717) is 0 Å². The number of benzene rings is 1. The lowest BCUT2D eigenvalue weighted by Gasteiger charge is -1.98. The summed E-state index contributed by atoms with van der Waals surface area (Å²) in [7, 11) is 0. The van der Waals surface area contributed by atoms with E-state index in [1.807, 2.05) is 31.2 Å². The third kappa shape index (κ3) is 2.21. The zero-order chi connectivity index (χ0) is 8.97. The zero-order valence-corrected chi connectivity index (χ0v) is 8.30. The highest BCUT2D eigenvalue weighted by atomic mass is 79.9. The van der Waals surface area contributed by atoms with Gasteiger partial charge in [0.15, 0.2) is 0 Å². The summed E-state index contributed by atoms with van der Waals surface area (Å²) >= 11 is 3.41. The minimum Gasteiger partial charge on any atom is -0.193 e. The Bertz CT molecular complexity index is 347. The molecule has 2 heteroatoms. The number of hydrogen-bond donors (Lipinski definition) is 0. The van der Waals surface area contributed by atoms with Crippen LogP contribution in [-0.4, -0.2) is 0 Å². The molecule has 0 saturated carbocycles. The van der Waals surface area contributed by atoms with Gasteiger partial charge in [-0.25, -0.2) is 0 Å². The maximum absolute atomic E-state index is 8.31. The number of aryl methyl sites for hydroxylation is 1. The van der Waals surface area contributed by atoms with Crippen molar-refractivity contribution in [3.05, 3.63) is 39.9 Å². The Morgan fingerprint density at radius 1 is 1.50 bits per heavy atom. The van der Waals surface area contributed by atoms with Gasteiger partial charge < -0.3 is 0 Å². The summed E-state index contributed by atoms with van der Waals surface area (Å²) in [5.41, 5.74) is 2.23. The Labute approximate surface area is 80.5 Å². The molecule has 1 aromatic carbocycles. The first-order chi connectivity index (χ1) is 5.74. The lowest BCUT2D eigenvalue weighted by Crippen LogP contribution is -1.77. The molecule has 12 heavy (non-hydrogen) atoms. The summed E-state index contributed by atoms with van der Waals surface area (Å²) in [6.07, 6.45) is 3.27. The third-order valence-electron chi connectivity index (χ3n) is 1.53. The average molecular weight is 222 g/mol. The first-order valence-corrected chi connectivity index (χ1v) is 4.35. The molecule has 0 atom stereocenters. The average Bonchev–Trinajstić information content (AvgIpc) is 2.07. The second-order valence-electron chi connectivity index (χ2n) is 2.47. The van der Waals surface area contributed by atoms with Crippen LogP contribution in [0.4, 0.5) is 0 Å². The molecular formula is C10H8BrN. The van der Waals surface area contributed by atoms with Gasteiger partial charge in [0, 0.05) is 10.5 Å². The molecule has 60 valence electrons. The molecule has 0 spiro atoms. The van der Waals surface area contributed by atoms with E-state index in [1.54, 1.807) is 6.08 Å². The largest absolute Gasteiger partial charge is 0.193 e. The Morgan fingerprint density at radius 3 is 2.83 bits per heavy atom. The highest BCUT2D eigenvalue weighted by molar-refractivity contribution is 9.10. The van der Waals surface area contributed by atoms with Gasteiger partial charge >= 0.3 is 0 Å². The quantitative estimate of drug-likeness (QED) is 0.668. The first-order valence-electron chi connectivity index (χ1n) is 3.56. The molecule has 0 fully saturated rings. The number of nitrogens with zero attached hydrogens (tertiary/aromatic N) is 1. The molecule has 1 nitrogen and oxygen atoms in total. The lowest BCUT2D eigenvalue weighted by molar-refractivity contribution is 1.42. The van der Waals surface area contributed by atoms with Crippen LogP contribution in [0.1, 0.15) is 11.1 Å². The van der Waals surface area contributed by atoms with Crippen molar-refractivity contribution in [1.29, 1.82) is 5.26 Å². The maximum atomic E-state index is 8.31. The molecule has 0 radical (unpaired) electrons. The number of rotatable bonds is 1. The van der Waals surface area contributed by atoms with Gasteiger partial charge in [0.25, 0.3) is 0 Å². The second-order valence-corrected chi connectivity index (χ2v) is 3.33. The fraction of sp³-hybridized carbons (Fsp3) is 0.100. The van der Waals surface area contributed by atoms with Crippen LogP contribution in [0.5, 0.6) is 0 Å². The van der Waals surface area contributed by atoms with Crippen molar-refractivity contribution in [2.24, 2.45) is 0 Å². The van der Waals surface area contributed by atoms with E-state index in [2.05, 4.69) is 15.9 Å². The Kier molecular flexibility index (Phi) is 3.07. The van der Waals surface area contributed by atoms with E-state index in [0.717, 1.165) is 10.0 Å². The minimum absolute atomic E-state index is 1.05. The molecule has 0 aromatic heterocycles. The molecule has 0 aliphatic rings. The van der Waals surface area contributed by atoms with Crippen molar-refractivity contribution in [2.45, 2.75) is 6.92 Å². The van der Waals surface area contributed by atoms with Gasteiger partial charge in [-0.2, -0.15) is 5.26 Å². The molecule has 0 amide bonds. The van der Waals surface area contributed by atoms with Crippen LogP contribution in [-0.2, 0) is 0 Å². The summed E-state index contributed by atoms with van der Waals surface area (Å²) in [5, 5.41) is 8.31. The van der Waals surface area contributed by atoms with E-state index in [9.17, 15) is 0 Å². The highest BCUT2D eigenvalue weighted by Crippen LogP contribution is 2.17. The van der Waals surface area contributed by atoms with Gasteiger partial charge in [-0.05, 0) is 30.2 Å². The fourth-order valence-electron chi connectivity index (χ4n) is 0.905. The van der Waals surface area contributed by atoms with Crippen molar-refractivity contribution in [2.75, 3.05) is 0 Å². The topological polar surface area (TPSA) is 23.8 Å². The summed E-state index contributed by atoms with van der Waals surface area (Å²) in [6.45, 7) is 2.02. The first kappa shape index (κ1) is 9.02. The second kappa shape index (κ2) is 4.08. The minimum atomic E-state index is 1.05. The van der Waals surface area contributed by atoms with Crippen LogP contribution < -0.4 is 0 Å². The molecule has 0 N–H and O–H groups in total. The van der Waals surface area contributed by atoms with Crippen molar-refractivity contribution in [1.82, 2.24) is 0 Å². The van der Waals surface area contributed by atoms with E-state index in [1.165, 1.54) is 11.6 Å². The van der Waals surface area contributed by atoms with Crippen LogP contribution in [0.15, 0.2) is 28.7 Å². The molecule has 0 aliphatic heterocycles. The Morgan fingerprint density at radius 2 is 2.25 bits per heavy atom. The SMILES string of the molecule is Cc1cc(/C=C/C#N)ccc1Br. The molecule has 0 bridgehead atoms. The molecule has 0 heterocycles. The van der Waals surface area contributed by atoms with Gasteiger partial charge in [-0.15, -0.1) is 0 Å². The summed E-state index contributed by atoms with van der Waals surface area (Å²) in [4.78, 5) is 0. The highest BCUT2D eigenvalue weighted by Gasteiger charge is 1.93. The predicted octanol–water partition coefficient (Wildman–Crippen LogP) is 3.29. The smallest absolute Gasteiger partial charge is 0.0912 e. The molecule has 0 saturated heterocycles. The number of hydrogen-bond acceptors (Lipinski definition) is 1. The van der Waals surface area contributed by atoms with Gasteiger partial charge in [-0.3, -0.25) is 0 Å². The zero-order valence-electron chi connectivity index (χ0n) is 6.71. The van der Waals surface area contributed by atoms with E-state index >= 15 is 0 Å². The van der Waals surface area contributed by atoms with Gasteiger partial charge in [-0.1, -0.05) is 28.1 Å². The van der Waals surface area contributed by atoms with E-state index in [4.69, 9.17) is 5.26 Å². The van der Waals surface area contributed by atoms with Crippen LogP contribution >= 0.6 is 15.9 Å². The summed E-state index contributed by atoms with van der Waals surface area (Å²) < 4.78 is 1.09. The normalized spacial score (nSPS) is 10.1. The molecule has 1 aromatic rings. The number of halogens is 1. The van der Waals surface area contributed by atoms with Crippen LogP contribution in [0, 0.1) is 18.3 Å². The van der Waals surface area contributed by atoms with Crippen molar-refractivity contribution in [3.63, 3.8) is 0 Å². The van der Waals surface area contributed by atoms with E-state index < -0.39 is 0 Å². The fourth-order valence-corrected chi connectivity index (χ4v) is 1.15. The Hall–Kier alpha value is -1.07. The third-order valence-corrected chi connectivity index (χ3v) is 2.42. The predicted molar refractivity (Wildman–Crippen MR) is 53.5 cm³/mol. The summed E-state index contributed by atoms with van der Waals surface area (Å²) in [6, 6.07) is 7.93. The van der Waals surface area contributed by atoms with Crippen molar-refractivity contribution < 1.29 is 0 Å². The van der Waals surface area contributed by atoms with Gasteiger partial charge in [0.05, 0.1) is 6.07 Å². The van der Waals surface area contributed by atoms with Crippen LogP contribution in [0.25, 0.3) is 6.08 Å². The number of nitriles is 1. The molecule has 1 rings (SSSR count). The van der Waals surface area contributed by atoms with Crippen LogP contribution in [0.3, 0.4) is 0 Å². The van der Waals surface area contributed by atoms with Crippen molar-refractivity contribution in [3.8, 4) is 6.07 Å². The van der Waals surface area contributed by atoms with Gasteiger partial charge in [0.1, 0.15) is 0 Å². The van der Waals surface area contributed by atoms with Crippen LogP contribution in [0.2, 0.25) is 0 Å². The van der Waals surface area contributed by atoms with E-state index in [-0.39, 0.29) is 0 Å². The monoisotopic (exact) mass is 221 g/mol. The molecule has 0 aliphatic carbocycles. The summed E-state index contributed by atoms with van der Waals surface area (Å²) in [5.74, 6) is 0. The maximum Gasteiger partial charge on any atom is 0.0912 e. The standard InChI is InChI=1S/C10H8BrN/c1-8-7-9(3-2-6-12)4-5-10(8)11/h2-5,7H,1H3/b3-2+. The number of allylic oxidation sites excluding steroid dienone is 1. The Balaban J connectivity index is 2.99.